The highest BCUT2D eigenvalue weighted by Gasteiger charge is 2.31. The lowest BCUT2D eigenvalue weighted by atomic mass is 9.97. The predicted octanol–water partition coefficient (Wildman–Crippen LogP) is 4.90. The van der Waals surface area contributed by atoms with E-state index in [0.29, 0.717) is 11.7 Å². The lowest BCUT2D eigenvalue weighted by Gasteiger charge is -2.27. The number of aliphatic imine (C=N–C) groups is 1. The smallest absolute Gasteiger partial charge is 0.334 e. The number of alkyl halides is 3. The Balaban J connectivity index is 2.20. The van der Waals surface area contributed by atoms with E-state index in [1.54, 1.807) is 0 Å². The van der Waals surface area contributed by atoms with Crippen LogP contribution in [0.1, 0.15) is 19.4 Å². The van der Waals surface area contributed by atoms with E-state index in [0.717, 1.165) is 17.9 Å². The van der Waals surface area contributed by atoms with Gasteiger partial charge in [-0.1, -0.05) is 37.2 Å². The van der Waals surface area contributed by atoms with Crippen LogP contribution in [-0.2, 0) is 6.18 Å². The number of amidine groups is 1. The van der Waals surface area contributed by atoms with E-state index in [-0.39, 0.29) is 16.1 Å². The monoisotopic (exact) mass is 322 g/mol. The molecule has 0 radical (unpaired) electrons. The van der Waals surface area contributed by atoms with Gasteiger partial charge >= 0.3 is 6.18 Å². The minimum absolute atomic E-state index is 0.105. The van der Waals surface area contributed by atoms with Crippen LogP contribution in [0.3, 0.4) is 0 Å². The van der Waals surface area contributed by atoms with Crippen LogP contribution in [0, 0.1) is 5.41 Å². The van der Waals surface area contributed by atoms with E-state index in [9.17, 15) is 13.2 Å². The Morgan fingerprint density at radius 1 is 1.35 bits per heavy atom. The van der Waals surface area contributed by atoms with Gasteiger partial charge in [0.2, 0.25) is 0 Å². The van der Waals surface area contributed by atoms with Crippen molar-refractivity contribution in [3.63, 3.8) is 0 Å². The highest BCUT2D eigenvalue weighted by Crippen LogP contribution is 2.35. The molecule has 0 saturated heterocycles. The number of thioether (sulfide) groups is 1. The molecule has 0 fully saturated rings. The summed E-state index contributed by atoms with van der Waals surface area (Å²) in [6.45, 7) is 4.83. The molecule has 0 spiro atoms. The summed E-state index contributed by atoms with van der Waals surface area (Å²) in [5, 5.41) is 3.72. The fourth-order valence-electron chi connectivity index (χ4n) is 1.63. The maximum Gasteiger partial charge on any atom is 0.416 e. The van der Waals surface area contributed by atoms with E-state index in [1.165, 1.54) is 17.8 Å². The molecular formula is C13H14ClF3N2S. The van der Waals surface area contributed by atoms with Crippen LogP contribution in [-0.4, -0.2) is 17.5 Å². The van der Waals surface area contributed by atoms with Gasteiger partial charge in [-0.25, -0.2) is 0 Å². The molecule has 110 valence electrons. The number of anilines is 1. The summed E-state index contributed by atoms with van der Waals surface area (Å²) in [6.07, 6.45) is -4.38. The second-order valence-corrected chi connectivity index (χ2v) is 6.76. The van der Waals surface area contributed by atoms with E-state index in [2.05, 4.69) is 24.2 Å². The number of hydrogen-bond acceptors (Lipinski definition) is 3. The number of hydrogen-bond donors (Lipinski definition) is 1. The quantitative estimate of drug-likeness (QED) is 0.795. The minimum Gasteiger partial charge on any atom is -0.334 e. The van der Waals surface area contributed by atoms with Crippen LogP contribution in [0.2, 0.25) is 5.02 Å². The topological polar surface area (TPSA) is 24.4 Å². The third-order valence-corrected chi connectivity index (χ3v) is 4.55. The summed E-state index contributed by atoms with van der Waals surface area (Å²) in [7, 11) is 0. The van der Waals surface area contributed by atoms with Crippen LogP contribution in [0.15, 0.2) is 23.2 Å². The molecular weight excluding hydrogens is 309 g/mol. The molecule has 0 unspecified atom stereocenters. The average Bonchev–Trinajstić information content (AvgIpc) is 2.33. The van der Waals surface area contributed by atoms with Crippen molar-refractivity contribution in [1.29, 1.82) is 0 Å². The van der Waals surface area contributed by atoms with Gasteiger partial charge in [-0.15, -0.1) is 0 Å². The number of rotatable bonds is 1. The van der Waals surface area contributed by atoms with Crippen LogP contribution < -0.4 is 5.32 Å². The molecule has 0 atom stereocenters. The number of nitrogens with zero attached hydrogens (tertiary/aromatic N) is 1. The van der Waals surface area contributed by atoms with Gasteiger partial charge in [-0.3, -0.25) is 4.99 Å². The zero-order valence-electron chi connectivity index (χ0n) is 11.0. The maximum absolute atomic E-state index is 12.7. The highest BCUT2D eigenvalue weighted by atomic mass is 35.5. The first-order chi connectivity index (χ1) is 9.17. The van der Waals surface area contributed by atoms with Gasteiger partial charge in [0.05, 0.1) is 16.3 Å². The molecule has 0 aliphatic carbocycles. The van der Waals surface area contributed by atoms with E-state index in [1.807, 2.05) is 0 Å². The molecule has 1 aromatic carbocycles. The second kappa shape index (κ2) is 5.48. The van der Waals surface area contributed by atoms with Crippen molar-refractivity contribution in [1.82, 2.24) is 0 Å². The first-order valence-corrected chi connectivity index (χ1v) is 7.35. The first kappa shape index (κ1) is 15.5. The number of nitrogens with one attached hydrogen (secondary N) is 1. The molecule has 0 aromatic heterocycles. The van der Waals surface area contributed by atoms with Gasteiger partial charge in [-0.05, 0) is 23.6 Å². The molecule has 20 heavy (non-hydrogen) atoms. The lowest BCUT2D eigenvalue weighted by Crippen LogP contribution is -2.27. The molecule has 1 N–H and O–H groups in total. The Labute approximate surface area is 124 Å². The van der Waals surface area contributed by atoms with E-state index in [4.69, 9.17) is 11.6 Å². The van der Waals surface area contributed by atoms with Gasteiger partial charge in [0.15, 0.2) is 5.17 Å². The fraction of sp³-hybridized carbons (Fsp3) is 0.462. The van der Waals surface area contributed by atoms with Gasteiger partial charge in [0, 0.05) is 12.3 Å². The maximum atomic E-state index is 12.7. The molecule has 1 aromatic rings. The van der Waals surface area contributed by atoms with Crippen LogP contribution in [0.5, 0.6) is 0 Å². The van der Waals surface area contributed by atoms with E-state index < -0.39 is 11.7 Å². The van der Waals surface area contributed by atoms with Crippen LogP contribution in [0.4, 0.5) is 18.9 Å². The number of benzene rings is 1. The van der Waals surface area contributed by atoms with Gasteiger partial charge < -0.3 is 5.32 Å². The zero-order valence-corrected chi connectivity index (χ0v) is 12.6. The summed E-state index contributed by atoms with van der Waals surface area (Å²) in [6, 6.07) is 3.21. The lowest BCUT2D eigenvalue weighted by molar-refractivity contribution is -0.137. The third-order valence-electron chi connectivity index (χ3n) is 2.79. The van der Waals surface area contributed by atoms with Crippen molar-refractivity contribution < 1.29 is 13.2 Å². The fourth-order valence-corrected chi connectivity index (χ4v) is 2.75. The Bertz CT molecular complexity index is 541. The molecule has 1 aliphatic rings. The van der Waals surface area contributed by atoms with Gasteiger partial charge in [0.25, 0.3) is 0 Å². The summed E-state index contributed by atoms with van der Waals surface area (Å²) in [5.41, 5.74) is -0.397. The third kappa shape index (κ3) is 3.82. The largest absolute Gasteiger partial charge is 0.416 e. The second-order valence-electron chi connectivity index (χ2n) is 5.39. The molecule has 1 aliphatic heterocycles. The first-order valence-electron chi connectivity index (χ1n) is 5.98. The summed E-state index contributed by atoms with van der Waals surface area (Å²) >= 11 is 7.41. The normalized spacial score (nSPS) is 18.6. The van der Waals surface area contributed by atoms with Crippen molar-refractivity contribution in [3.05, 3.63) is 28.8 Å². The Kier molecular flexibility index (Phi) is 4.25. The molecule has 7 heteroatoms. The zero-order chi connectivity index (χ0) is 15.0. The van der Waals surface area contributed by atoms with Crippen molar-refractivity contribution in [2.45, 2.75) is 20.0 Å². The van der Waals surface area contributed by atoms with Crippen molar-refractivity contribution in [2.75, 3.05) is 17.6 Å². The average molecular weight is 323 g/mol. The number of halogens is 4. The Morgan fingerprint density at radius 2 is 2.05 bits per heavy atom. The SMILES string of the molecule is CC1(C)CN=C(Nc2cc(C(F)(F)F)ccc2Cl)SC1. The predicted molar refractivity (Wildman–Crippen MR) is 78.6 cm³/mol. The van der Waals surface area contributed by atoms with Crippen LogP contribution >= 0.6 is 23.4 Å². The van der Waals surface area contributed by atoms with E-state index >= 15 is 0 Å². The molecule has 1 heterocycles. The highest BCUT2D eigenvalue weighted by molar-refractivity contribution is 8.14. The van der Waals surface area contributed by atoms with Gasteiger partial charge in [-0.2, -0.15) is 13.2 Å². The molecule has 2 nitrogen and oxygen atoms in total. The van der Waals surface area contributed by atoms with Gasteiger partial charge in [0.1, 0.15) is 0 Å². The standard InChI is InChI=1S/C13H14ClF3N2S/c1-12(2)6-18-11(20-7-12)19-10-5-8(13(15,16)17)3-4-9(10)14/h3-5H,6-7H2,1-2H3,(H,18,19). The summed E-state index contributed by atoms with van der Waals surface area (Å²) in [5.74, 6) is 0.857. The molecule has 0 saturated carbocycles. The van der Waals surface area contributed by atoms with Crippen molar-refractivity contribution >= 4 is 34.2 Å². The molecule has 0 amide bonds. The van der Waals surface area contributed by atoms with Crippen molar-refractivity contribution in [2.24, 2.45) is 10.4 Å². The molecule has 0 bridgehead atoms. The van der Waals surface area contributed by atoms with Crippen LogP contribution in [0.25, 0.3) is 0 Å². The molecule has 2 rings (SSSR count). The minimum atomic E-state index is -4.38. The Morgan fingerprint density at radius 3 is 2.60 bits per heavy atom. The summed E-state index contributed by atoms with van der Waals surface area (Å²) in [4.78, 5) is 4.34. The van der Waals surface area contributed by atoms with Crippen molar-refractivity contribution in [3.8, 4) is 0 Å². The summed E-state index contributed by atoms with van der Waals surface area (Å²) < 4.78 is 38.0. The Hall–Kier alpha value is -0.880.